The molecule has 1 aliphatic rings. The van der Waals surface area contributed by atoms with Crippen molar-refractivity contribution in [1.82, 2.24) is 0 Å². The van der Waals surface area contributed by atoms with E-state index in [0.29, 0.717) is 6.61 Å². The second-order valence-electron chi connectivity index (χ2n) is 4.17. The van der Waals surface area contributed by atoms with Gasteiger partial charge < -0.3 is 20.5 Å². The van der Waals surface area contributed by atoms with E-state index in [1.807, 2.05) is 18.2 Å². The largest absolute Gasteiger partial charge is 0.399 e. The van der Waals surface area contributed by atoms with Gasteiger partial charge >= 0.3 is 0 Å². The molecule has 1 fully saturated rings. The Hall–Kier alpha value is -1.26. The summed E-state index contributed by atoms with van der Waals surface area (Å²) in [4.78, 5) is 2.24. The van der Waals surface area contributed by atoms with Gasteiger partial charge in [-0.2, -0.15) is 0 Å². The van der Waals surface area contributed by atoms with Crippen molar-refractivity contribution in [2.24, 2.45) is 0 Å². The van der Waals surface area contributed by atoms with Gasteiger partial charge in [-0.15, -0.1) is 0 Å². The number of anilines is 2. The molecule has 0 bridgehead atoms. The number of aliphatic hydroxyl groups excluding tert-OH is 1. The molecule has 3 N–H and O–H groups in total. The molecular formula is C12H18N2O2. The van der Waals surface area contributed by atoms with Gasteiger partial charge in [-0.05, 0) is 30.7 Å². The van der Waals surface area contributed by atoms with Gasteiger partial charge in [0.15, 0.2) is 0 Å². The maximum absolute atomic E-state index is 9.10. The zero-order chi connectivity index (χ0) is 11.5. The normalized spacial score (nSPS) is 21.1. The van der Waals surface area contributed by atoms with Crippen LogP contribution in [0.1, 0.15) is 5.56 Å². The summed E-state index contributed by atoms with van der Waals surface area (Å²) in [5.74, 6) is 0. The average Bonchev–Trinajstić information content (AvgIpc) is 2.29. The number of aliphatic hydroxyl groups is 1. The number of nitrogen functional groups attached to an aromatic ring is 1. The number of nitrogens with two attached hydrogens (primary N) is 1. The Morgan fingerprint density at radius 2 is 2.38 bits per heavy atom. The van der Waals surface area contributed by atoms with Gasteiger partial charge in [0.05, 0.1) is 19.3 Å². The van der Waals surface area contributed by atoms with Crippen LogP contribution in [0.3, 0.4) is 0 Å². The van der Waals surface area contributed by atoms with Gasteiger partial charge in [0.1, 0.15) is 0 Å². The van der Waals surface area contributed by atoms with Crippen molar-refractivity contribution in [1.29, 1.82) is 0 Å². The zero-order valence-electron chi connectivity index (χ0n) is 9.52. The van der Waals surface area contributed by atoms with E-state index in [4.69, 9.17) is 15.6 Å². The molecular weight excluding hydrogens is 204 g/mol. The highest BCUT2D eigenvalue weighted by Crippen LogP contribution is 2.24. The van der Waals surface area contributed by atoms with Crippen molar-refractivity contribution in [3.8, 4) is 0 Å². The van der Waals surface area contributed by atoms with Crippen LogP contribution in [-0.4, -0.2) is 37.5 Å². The SMILES string of the molecule is Cc1cc(N)ccc1N1CCOC(CO)C1. The predicted molar refractivity (Wildman–Crippen MR) is 64.6 cm³/mol. The quantitative estimate of drug-likeness (QED) is 0.726. The Labute approximate surface area is 95.6 Å². The summed E-state index contributed by atoms with van der Waals surface area (Å²) in [6.07, 6.45) is -0.0781. The monoisotopic (exact) mass is 222 g/mol. The second-order valence-corrected chi connectivity index (χ2v) is 4.17. The van der Waals surface area contributed by atoms with Crippen LogP contribution in [-0.2, 0) is 4.74 Å². The molecule has 1 unspecified atom stereocenters. The minimum absolute atomic E-state index is 0.0739. The molecule has 16 heavy (non-hydrogen) atoms. The first kappa shape index (κ1) is 11.2. The predicted octanol–water partition coefficient (Wildman–Crippen LogP) is 0.775. The highest BCUT2D eigenvalue weighted by atomic mass is 16.5. The molecule has 0 saturated carbocycles. The van der Waals surface area contributed by atoms with Crippen LogP contribution in [0.2, 0.25) is 0 Å². The van der Waals surface area contributed by atoms with E-state index in [9.17, 15) is 0 Å². The molecule has 2 rings (SSSR count). The Balaban J connectivity index is 2.16. The molecule has 1 atom stereocenters. The third-order valence-corrected chi connectivity index (χ3v) is 2.90. The fourth-order valence-electron chi connectivity index (χ4n) is 2.08. The molecule has 0 radical (unpaired) electrons. The van der Waals surface area contributed by atoms with Gasteiger partial charge in [0.2, 0.25) is 0 Å². The number of ether oxygens (including phenoxy) is 1. The third-order valence-electron chi connectivity index (χ3n) is 2.90. The van der Waals surface area contributed by atoms with E-state index in [-0.39, 0.29) is 12.7 Å². The number of hydrogen-bond donors (Lipinski definition) is 2. The van der Waals surface area contributed by atoms with Gasteiger partial charge in [0.25, 0.3) is 0 Å². The van der Waals surface area contributed by atoms with E-state index in [1.54, 1.807) is 0 Å². The molecule has 0 aromatic heterocycles. The van der Waals surface area contributed by atoms with E-state index in [0.717, 1.165) is 18.8 Å². The summed E-state index contributed by atoms with van der Waals surface area (Å²) in [7, 11) is 0. The Bertz CT molecular complexity index is 368. The van der Waals surface area contributed by atoms with Crippen LogP contribution >= 0.6 is 0 Å². The van der Waals surface area contributed by atoms with E-state index in [2.05, 4.69) is 11.8 Å². The van der Waals surface area contributed by atoms with Crippen LogP contribution in [0.15, 0.2) is 18.2 Å². The van der Waals surface area contributed by atoms with Crippen molar-refractivity contribution in [3.05, 3.63) is 23.8 Å². The zero-order valence-corrected chi connectivity index (χ0v) is 9.52. The first-order valence-electron chi connectivity index (χ1n) is 5.54. The maximum atomic E-state index is 9.10. The van der Waals surface area contributed by atoms with Crippen molar-refractivity contribution < 1.29 is 9.84 Å². The summed E-state index contributed by atoms with van der Waals surface area (Å²) < 4.78 is 5.43. The van der Waals surface area contributed by atoms with Crippen molar-refractivity contribution in [2.75, 3.05) is 36.9 Å². The standard InChI is InChI=1S/C12H18N2O2/c1-9-6-10(13)2-3-12(9)14-4-5-16-11(7-14)8-15/h2-3,6,11,15H,4-5,7-8,13H2,1H3. The van der Waals surface area contributed by atoms with Gasteiger partial charge in [0, 0.05) is 24.5 Å². The number of hydrogen-bond acceptors (Lipinski definition) is 4. The third kappa shape index (κ3) is 2.28. The number of morpholine rings is 1. The molecule has 4 heteroatoms. The molecule has 1 heterocycles. The van der Waals surface area contributed by atoms with Gasteiger partial charge in [-0.3, -0.25) is 0 Å². The smallest absolute Gasteiger partial charge is 0.0980 e. The van der Waals surface area contributed by atoms with Crippen LogP contribution < -0.4 is 10.6 Å². The van der Waals surface area contributed by atoms with E-state index in [1.165, 1.54) is 11.3 Å². The van der Waals surface area contributed by atoms with E-state index >= 15 is 0 Å². The molecule has 0 amide bonds. The van der Waals surface area contributed by atoms with Crippen LogP contribution in [0.5, 0.6) is 0 Å². The summed E-state index contributed by atoms with van der Waals surface area (Å²) in [6, 6.07) is 5.91. The summed E-state index contributed by atoms with van der Waals surface area (Å²) >= 11 is 0. The molecule has 4 nitrogen and oxygen atoms in total. The second kappa shape index (κ2) is 4.72. The Morgan fingerprint density at radius 3 is 3.06 bits per heavy atom. The lowest BCUT2D eigenvalue weighted by Gasteiger charge is -2.34. The minimum atomic E-state index is -0.0781. The molecule has 0 aliphatic carbocycles. The summed E-state index contributed by atoms with van der Waals surface area (Å²) in [5, 5.41) is 9.10. The molecule has 0 spiro atoms. The number of benzene rings is 1. The number of nitrogens with zero attached hydrogens (tertiary/aromatic N) is 1. The van der Waals surface area contributed by atoms with Crippen molar-refractivity contribution in [2.45, 2.75) is 13.0 Å². The van der Waals surface area contributed by atoms with E-state index < -0.39 is 0 Å². The molecule has 1 saturated heterocycles. The highest BCUT2D eigenvalue weighted by molar-refractivity contribution is 5.59. The molecule has 1 aliphatic heterocycles. The Morgan fingerprint density at radius 1 is 1.56 bits per heavy atom. The van der Waals surface area contributed by atoms with Gasteiger partial charge in [-0.25, -0.2) is 0 Å². The maximum Gasteiger partial charge on any atom is 0.0980 e. The summed E-state index contributed by atoms with van der Waals surface area (Å²) in [5.41, 5.74) is 8.85. The minimum Gasteiger partial charge on any atom is -0.399 e. The van der Waals surface area contributed by atoms with Crippen LogP contribution in [0.25, 0.3) is 0 Å². The van der Waals surface area contributed by atoms with Gasteiger partial charge in [-0.1, -0.05) is 0 Å². The lowest BCUT2D eigenvalue weighted by atomic mass is 10.1. The first-order chi connectivity index (χ1) is 7.70. The topological polar surface area (TPSA) is 58.7 Å². The molecule has 1 aromatic carbocycles. The van der Waals surface area contributed by atoms with Crippen LogP contribution in [0, 0.1) is 6.92 Å². The highest BCUT2D eigenvalue weighted by Gasteiger charge is 2.20. The first-order valence-corrected chi connectivity index (χ1v) is 5.54. The lowest BCUT2D eigenvalue weighted by molar-refractivity contribution is 0.00354. The van der Waals surface area contributed by atoms with Crippen LogP contribution in [0.4, 0.5) is 11.4 Å². The Kier molecular flexibility index (Phi) is 3.31. The summed E-state index contributed by atoms with van der Waals surface area (Å²) in [6.45, 7) is 4.39. The van der Waals surface area contributed by atoms with Crippen molar-refractivity contribution >= 4 is 11.4 Å². The number of rotatable bonds is 2. The average molecular weight is 222 g/mol. The molecule has 88 valence electrons. The van der Waals surface area contributed by atoms with Crippen molar-refractivity contribution in [3.63, 3.8) is 0 Å². The number of aryl methyl sites for hydroxylation is 1. The lowest BCUT2D eigenvalue weighted by Crippen LogP contribution is -2.44. The fraction of sp³-hybridized carbons (Fsp3) is 0.500. The fourth-order valence-corrected chi connectivity index (χ4v) is 2.08. The molecule has 1 aromatic rings.